The highest BCUT2D eigenvalue weighted by Crippen LogP contribution is 2.45. The molecule has 0 aromatic heterocycles. The molecule has 0 saturated heterocycles. The van der Waals surface area contributed by atoms with Crippen molar-refractivity contribution in [3.63, 3.8) is 0 Å². The molecular formula is C82H160O17P2. The second-order valence-corrected chi connectivity index (χ2v) is 32.9. The summed E-state index contributed by atoms with van der Waals surface area (Å²) in [6.45, 7) is 9.66. The molecule has 600 valence electrons. The second kappa shape index (κ2) is 73.6. The zero-order valence-corrected chi connectivity index (χ0v) is 68.0. The average Bonchev–Trinajstić information content (AvgIpc) is 0.988. The van der Waals surface area contributed by atoms with Crippen LogP contribution >= 0.6 is 15.6 Å². The van der Waals surface area contributed by atoms with Crippen LogP contribution in [0.25, 0.3) is 0 Å². The van der Waals surface area contributed by atoms with E-state index >= 15 is 0 Å². The molecular weight excluding hydrogens is 1320 g/mol. The average molecular weight is 1480 g/mol. The highest BCUT2D eigenvalue weighted by atomic mass is 31.2. The standard InChI is InChI=1S/C82H160O17P2/c1-7-11-13-15-17-19-21-22-23-24-28-31-34-38-41-45-52-58-64-79(84)92-70-77(98-82(87)67-61-55-47-43-39-35-32-29-26-25-27-30-33-37-40-44-50-56-62-74(5)9-3)72-96-100(88,89)94-68-76(83)69-95-101(90,91)97-73-78(71-93-80(85)65-59-53-49-48-51-57-63-75(6)10-4)99-81(86)66-60-54-46-42-36-20-18-16-14-12-8-2/h74-78,83H,7-73H2,1-6H3,(H,88,89)(H,90,91)/t74?,75?,76-,77-,78-/m1/s1. The maximum Gasteiger partial charge on any atom is 0.472 e. The van der Waals surface area contributed by atoms with Gasteiger partial charge in [-0.15, -0.1) is 0 Å². The molecule has 0 heterocycles. The molecule has 0 aliphatic heterocycles. The molecule has 0 rings (SSSR count). The van der Waals surface area contributed by atoms with Crippen molar-refractivity contribution in [1.29, 1.82) is 0 Å². The van der Waals surface area contributed by atoms with Crippen LogP contribution in [-0.4, -0.2) is 96.7 Å². The summed E-state index contributed by atoms with van der Waals surface area (Å²) < 4.78 is 68.7. The summed E-state index contributed by atoms with van der Waals surface area (Å²) in [7, 11) is -9.92. The van der Waals surface area contributed by atoms with Gasteiger partial charge in [-0.05, 0) is 37.5 Å². The van der Waals surface area contributed by atoms with E-state index in [4.69, 9.17) is 37.0 Å². The van der Waals surface area contributed by atoms with Crippen molar-refractivity contribution >= 4 is 39.5 Å². The van der Waals surface area contributed by atoms with Gasteiger partial charge in [0.2, 0.25) is 0 Å². The number of rotatable bonds is 81. The number of carbonyl (C=O) groups is 4. The van der Waals surface area contributed by atoms with Crippen LogP contribution < -0.4 is 0 Å². The van der Waals surface area contributed by atoms with Crippen molar-refractivity contribution < 1.29 is 80.2 Å². The smallest absolute Gasteiger partial charge is 0.462 e. The van der Waals surface area contributed by atoms with Crippen LogP contribution in [0, 0.1) is 11.8 Å². The molecule has 0 radical (unpaired) electrons. The quantitative estimate of drug-likeness (QED) is 0.0222. The third-order valence-corrected chi connectivity index (χ3v) is 21.8. The lowest BCUT2D eigenvalue weighted by Gasteiger charge is -2.21. The Kier molecular flexibility index (Phi) is 72.2. The van der Waals surface area contributed by atoms with Crippen molar-refractivity contribution in [3.05, 3.63) is 0 Å². The summed E-state index contributed by atoms with van der Waals surface area (Å²) in [5, 5.41) is 10.6. The Bertz CT molecular complexity index is 1950. The van der Waals surface area contributed by atoms with E-state index in [0.29, 0.717) is 25.7 Å². The zero-order chi connectivity index (χ0) is 74.2. The molecule has 0 bridgehead atoms. The molecule has 0 aliphatic carbocycles. The Balaban J connectivity index is 5.20. The van der Waals surface area contributed by atoms with E-state index in [1.165, 1.54) is 244 Å². The highest BCUT2D eigenvalue weighted by Gasteiger charge is 2.30. The lowest BCUT2D eigenvalue weighted by Crippen LogP contribution is -2.30. The van der Waals surface area contributed by atoms with Crippen LogP contribution in [-0.2, 0) is 65.4 Å². The summed E-state index contributed by atoms with van der Waals surface area (Å²) in [5.74, 6) is -0.507. The minimum atomic E-state index is -4.96. The number of hydrogen-bond donors (Lipinski definition) is 3. The molecule has 0 saturated carbocycles. The number of hydrogen-bond acceptors (Lipinski definition) is 15. The van der Waals surface area contributed by atoms with E-state index in [2.05, 4.69) is 41.5 Å². The van der Waals surface area contributed by atoms with Gasteiger partial charge in [0.1, 0.15) is 19.3 Å². The SMILES string of the molecule is CCCCCCCCCCCCCCCCCCCCC(=O)OC[C@H](COP(=O)(O)OC[C@@H](O)COP(=O)(O)OC[C@@H](COC(=O)CCCCCCCCC(C)CC)OC(=O)CCCCCCCCCCCCC)OC(=O)CCCCCCCCCCCCCCCCCCCCC(C)CC. The predicted octanol–water partition coefficient (Wildman–Crippen LogP) is 24.7. The number of ether oxygens (including phenoxy) is 4. The highest BCUT2D eigenvalue weighted by molar-refractivity contribution is 7.47. The van der Waals surface area contributed by atoms with Gasteiger partial charge >= 0.3 is 39.5 Å². The first-order chi connectivity index (χ1) is 48.9. The minimum Gasteiger partial charge on any atom is -0.462 e. The Hall–Kier alpha value is -1.94. The number of aliphatic hydroxyl groups excluding tert-OH is 1. The van der Waals surface area contributed by atoms with Crippen LogP contribution in [0.2, 0.25) is 0 Å². The van der Waals surface area contributed by atoms with Crippen molar-refractivity contribution in [2.24, 2.45) is 11.8 Å². The first-order valence-electron chi connectivity index (χ1n) is 42.6. The Morgan fingerprint density at radius 1 is 0.277 bits per heavy atom. The predicted molar refractivity (Wildman–Crippen MR) is 414 cm³/mol. The van der Waals surface area contributed by atoms with E-state index in [1.54, 1.807) is 0 Å². The third kappa shape index (κ3) is 73.4. The van der Waals surface area contributed by atoms with Crippen molar-refractivity contribution in [2.45, 2.75) is 452 Å². The molecule has 0 aromatic rings. The van der Waals surface area contributed by atoms with Crippen LogP contribution in [0.3, 0.4) is 0 Å². The normalized spacial score (nSPS) is 14.4. The Morgan fingerprint density at radius 3 is 0.703 bits per heavy atom. The maximum atomic E-state index is 13.1. The van der Waals surface area contributed by atoms with Crippen LogP contribution in [0.15, 0.2) is 0 Å². The number of phosphoric ester groups is 2. The molecule has 7 atom stereocenters. The molecule has 0 amide bonds. The topological polar surface area (TPSA) is 237 Å². The van der Waals surface area contributed by atoms with E-state index in [1.807, 2.05) is 0 Å². The van der Waals surface area contributed by atoms with Gasteiger partial charge in [-0.2, -0.15) is 0 Å². The molecule has 0 spiro atoms. The van der Waals surface area contributed by atoms with Gasteiger partial charge in [0.25, 0.3) is 0 Å². The van der Waals surface area contributed by atoms with Gasteiger partial charge in [-0.25, -0.2) is 9.13 Å². The van der Waals surface area contributed by atoms with Crippen LogP contribution in [0.1, 0.15) is 433 Å². The van der Waals surface area contributed by atoms with Gasteiger partial charge in [0, 0.05) is 25.7 Å². The number of aliphatic hydroxyl groups is 1. The van der Waals surface area contributed by atoms with E-state index in [0.717, 1.165) is 108 Å². The van der Waals surface area contributed by atoms with Gasteiger partial charge in [-0.3, -0.25) is 37.3 Å². The number of carbonyl (C=O) groups excluding carboxylic acids is 4. The number of unbranched alkanes of at least 4 members (excludes halogenated alkanes) is 49. The first kappa shape index (κ1) is 99.1. The van der Waals surface area contributed by atoms with E-state index in [-0.39, 0.29) is 25.7 Å². The molecule has 17 nitrogen and oxygen atoms in total. The van der Waals surface area contributed by atoms with Crippen LogP contribution in [0.5, 0.6) is 0 Å². The van der Waals surface area contributed by atoms with Gasteiger partial charge in [-0.1, -0.05) is 382 Å². The fourth-order valence-corrected chi connectivity index (χ4v) is 14.2. The summed E-state index contributed by atoms with van der Waals surface area (Å²) in [4.78, 5) is 73.0. The Labute approximate surface area is 619 Å². The second-order valence-electron chi connectivity index (χ2n) is 30.0. The lowest BCUT2D eigenvalue weighted by atomic mass is 9.99. The molecule has 3 N–H and O–H groups in total. The lowest BCUT2D eigenvalue weighted by molar-refractivity contribution is -0.161. The molecule has 19 heteroatoms. The van der Waals surface area contributed by atoms with Gasteiger partial charge < -0.3 is 33.8 Å². The molecule has 101 heavy (non-hydrogen) atoms. The van der Waals surface area contributed by atoms with E-state index < -0.39 is 97.5 Å². The minimum absolute atomic E-state index is 0.106. The first-order valence-corrected chi connectivity index (χ1v) is 45.6. The summed E-state index contributed by atoms with van der Waals surface area (Å²) in [6.07, 6.45) is 63.9. The molecule has 0 aromatic carbocycles. The summed E-state index contributed by atoms with van der Waals surface area (Å²) in [5.41, 5.74) is 0. The summed E-state index contributed by atoms with van der Waals surface area (Å²) >= 11 is 0. The third-order valence-electron chi connectivity index (χ3n) is 19.9. The van der Waals surface area contributed by atoms with Crippen molar-refractivity contribution in [1.82, 2.24) is 0 Å². The number of phosphoric acid groups is 2. The van der Waals surface area contributed by atoms with Crippen LogP contribution in [0.4, 0.5) is 0 Å². The van der Waals surface area contributed by atoms with Gasteiger partial charge in [0.05, 0.1) is 26.4 Å². The zero-order valence-electron chi connectivity index (χ0n) is 66.2. The number of esters is 4. The Morgan fingerprint density at radius 2 is 0.475 bits per heavy atom. The maximum absolute atomic E-state index is 13.1. The van der Waals surface area contributed by atoms with Crippen molar-refractivity contribution in [3.8, 4) is 0 Å². The fourth-order valence-electron chi connectivity index (χ4n) is 12.6. The molecule has 0 aliphatic rings. The van der Waals surface area contributed by atoms with E-state index in [9.17, 15) is 43.2 Å². The van der Waals surface area contributed by atoms with Crippen molar-refractivity contribution in [2.75, 3.05) is 39.6 Å². The van der Waals surface area contributed by atoms with Gasteiger partial charge in [0.15, 0.2) is 12.2 Å². The fraction of sp³-hybridized carbons (Fsp3) is 0.951. The molecule has 0 fully saturated rings. The molecule has 4 unspecified atom stereocenters. The largest absolute Gasteiger partial charge is 0.472 e. The monoisotopic (exact) mass is 1480 g/mol. The summed E-state index contributed by atoms with van der Waals surface area (Å²) in [6, 6.07) is 0.